The predicted octanol–water partition coefficient (Wildman–Crippen LogP) is 4.47. The van der Waals surface area contributed by atoms with E-state index in [9.17, 15) is 18.0 Å². The number of anilines is 1. The van der Waals surface area contributed by atoms with Crippen molar-refractivity contribution in [2.24, 2.45) is 22.2 Å². The zero-order valence-corrected chi connectivity index (χ0v) is 12.6. The highest BCUT2D eigenvalue weighted by molar-refractivity contribution is 5.99. The van der Waals surface area contributed by atoms with E-state index in [4.69, 9.17) is 0 Å². The van der Waals surface area contributed by atoms with E-state index in [-0.39, 0.29) is 27.8 Å². The van der Waals surface area contributed by atoms with Crippen molar-refractivity contribution in [1.82, 2.24) is 0 Å². The zero-order chi connectivity index (χ0) is 16.0. The maximum Gasteiger partial charge on any atom is 0.416 e. The van der Waals surface area contributed by atoms with E-state index in [2.05, 4.69) is 19.2 Å². The van der Waals surface area contributed by atoms with Gasteiger partial charge in [-0.25, -0.2) is 0 Å². The third-order valence-electron chi connectivity index (χ3n) is 7.04. The summed E-state index contributed by atoms with van der Waals surface area (Å²) >= 11 is 0. The lowest BCUT2D eigenvalue weighted by atomic mass is 9.21. The van der Waals surface area contributed by atoms with Crippen molar-refractivity contribution < 1.29 is 18.0 Å². The first kappa shape index (κ1) is 14.1. The Bertz CT molecular complexity index is 685. The summed E-state index contributed by atoms with van der Waals surface area (Å²) in [6.07, 6.45) is -1.42. The summed E-state index contributed by atoms with van der Waals surface area (Å²) in [6.45, 7) is 4.40. The zero-order valence-electron chi connectivity index (χ0n) is 12.6. The van der Waals surface area contributed by atoms with Gasteiger partial charge in [0.1, 0.15) is 0 Å². The van der Waals surface area contributed by atoms with Crippen LogP contribution in [0.3, 0.4) is 0 Å². The molecule has 0 radical (unpaired) electrons. The van der Waals surface area contributed by atoms with Crippen molar-refractivity contribution in [3.05, 3.63) is 29.8 Å². The van der Waals surface area contributed by atoms with E-state index in [0.29, 0.717) is 5.92 Å². The molecule has 5 aliphatic rings. The normalized spacial score (nSPS) is 41.6. The molecule has 6 rings (SSSR count). The van der Waals surface area contributed by atoms with Crippen LogP contribution < -0.4 is 5.32 Å². The highest BCUT2D eigenvalue weighted by Gasteiger charge is 2.91. The fourth-order valence-corrected chi connectivity index (χ4v) is 5.73. The van der Waals surface area contributed by atoms with Crippen LogP contribution in [-0.2, 0) is 11.0 Å². The molecule has 2 nitrogen and oxygen atoms in total. The lowest BCUT2D eigenvalue weighted by molar-refractivity contribution is -0.326. The van der Waals surface area contributed by atoms with Gasteiger partial charge < -0.3 is 5.32 Å². The summed E-state index contributed by atoms with van der Waals surface area (Å²) in [4.78, 5) is 12.7. The van der Waals surface area contributed by atoms with Gasteiger partial charge >= 0.3 is 6.18 Å². The van der Waals surface area contributed by atoms with Gasteiger partial charge in [-0.1, -0.05) is 19.9 Å². The SMILES string of the molecule is C[C@]12CC[C@H]3[C@]1(C)C[C@]32C(=O)Nc1cccc(C(F)(F)F)c1. The summed E-state index contributed by atoms with van der Waals surface area (Å²) in [5, 5.41) is 2.74. The second-order valence-electron chi connectivity index (χ2n) is 7.52. The number of hydrogen-bond acceptors (Lipinski definition) is 1. The summed E-state index contributed by atoms with van der Waals surface area (Å²) in [5.74, 6) is 0.302. The number of alkyl halides is 3. The third-order valence-corrected chi connectivity index (χ3v) is 7.04. The van der Waals surface area contributed by atoms with Gasteiger partial charge in [-0.2, -0.15) is 13.2 Å². The molecule has 1 N–H and O–H groups in total. The van der Waals surface area contributed by atoms with Crippen LogP contribution in [0.25, 0.3) is 0 Å². The van der Waals surface area contributed by atoms with Gasteiger partial charge in [0, 0.05) is 5.69 Å². The van der Waals surface area contributed by atoms with Crippen LogP contribution in [0.2, 0.25) is 0 Å². The minimum absolute atomic E-state index is 0.0242. The molecule has 1 aromatic rings. The highest BCUT2D eigenvalue weighted by Crippen LogP contribution is 2.93. The van der Waals surface area contributed by atoms with Crippen LogP contribution in [0.4, 0.5) is 18.9 Å². The van der Waals surface area contributed by atoms with E-state index in [1.54, 1.807) is 0 Å². The molecule has 5 saturated carbocycles. The quantitative estimate of drug-likeness (QED) is 0.858. The molecule has 22 heavy (non-hydrogen) atoms. The van der Waals surface area contributed by atoms with Gasteiger partial charge in [-0.15, -0.1) is 0 Å². The van der Waals surface area contributed by atoms with Crippen molar-refractivity contribution in [1.29, 1.82) is 0 Å². The fourth-order valence-electron chi connectivity index (χ4n) is 5.73. The molecule has 1 amide bonds. The van der Waals surface area contributed by atoms with E-state index < -0.39 is 11.7 Å². The topological polar surface area (TPSA) is 29.1 Å². The van der Waals surface area contributed by atoms with E-state index in [0.717, 1.165) is 31.4 Å². The largest absolute Gasteiger partial charge is 0.416 e. The lowest BCUT2D eigenvalue weighted by Gasteiger charge is -2.81. The van der Waals surface area contributed by atoms with Crippen LogP contribution >= 0.6 is 0 Å². The second kappa shape index (κ2) is 3.69. The number of nitrogens with one attached hydrogen (secondary N) is 1. The van der Waals surface area contributed by atoms with E-state index in [1.165, 1.54) is 12.1 Å². The van der Waals surface area contributed by atoms with Gasteiger partial charge in [-0.3, -0.25) is 4.79 Å². The first-order chi connectivity index (χ1) is 10.2. The molecule has 5 heteroatoms. The average molecular weight is 309 g/mol. The number of carbonyl (C=O) groups is 1. The van der Waals surface area contributed by atoms with Gasteiger partial charge in [0.25, 0.3) is 0 Å². The summed E-state index contributed by atoms with van der Waals surface area (Å²) in [5.41, 5.74) is -0.563. The molecule has 5 fully saturated rings. The molecule has 1 aromatic carbocycles. The van der Waals surface area contributed by atoms with E-state index >= 15 is 0 Å². The van der Waals surface area contributed by atoms with Crippen molar-refractivity contribution in [2.45, 2.75) is 39.3 Å². The first-order valence-electron chi connectivity index (χ1n) is 7.64. The van der Waals surface area contributed by atoms with Crippen LogP contribution in [0.1, 0.15) is 38.7 Å². The van der Waals surface area contributed by atoms with Crippen molar-refractivity contribution in [3.8, 4) is 0 Å². The molecule has 0 unspecified atom stereocenters. The molecule has 118 valence electrons. The average Bonchev–Trinajstić information content (AvgIpc) is 2.81. The number of benzene rings is 1. The Morgan fingerprint density at radius 3 is 2.59 bits per heavy atom. The number of hydrogen-bond donors (Lipinski definition) is 1. The summed E-state index contributed by atoms with van der Waals surface area (Å²) in [6, 6.07) is 4.88. The van der Waals surface area contributed by atoms with Crippen LogP contribution in [0.5, 0.6) is 0 Å². The van der Waals surface area contributed by atoms with Crippen LogP contribution in [-0.4, -0.2) is 5.91 Å². The summed E-state index contributed by atoms with van der Waals surface area (Å²) in [7, 11) is 0. The van der Waals surface area contributed by atoms with Crippen LogP contribution in [0.15, 0.2) is 24.3 Å². The maximum absolute atomic E-state index is 12.8. The molecule has 0 aromatic heterocycles. The number of fused-ring (bicyclic) bond motifs is 1. The third kappa shape index (κ3) is 1.28. The standard InChI is InChI=1S/C17H18F3NO/c1-14-9-16(12(14)6-7-15(14,16)2)13(22)21-11-5-3-4-10(8-11)17(18,19)20/h3-5,8,12H,6-7,9H2,1-2H3,(H,21,22)/t12-,14-,15-,16+/m0/s1. The molecule has 4 atom stereocenters. The Hall–Kier alpha value is -1.52. The maximum atomic E-state index is 12.8. The first-order valence-corrected chi connectivity index (χ1v) is 7.64. The van der Waals surface area contributed by atoms with Gasteiger partial charge in [0.2, 0.25) is 5.91 Å². The Morgan fingerprint density at radius 2 is 2.05 bits per heavy atom. The second-order valence-corrected chi connectivity index (χ2v) is 7.52. The smallest absolute Gasteiger partial charge is 0.326 e. The molecule has 4 bridgehead atoms. The monoisotopic (exact) mass is 309 g/mol. The van der Waals surface area contributed by atoms with Crippen molar-refractivity contribution >= 4 is 11.6 Å². The summed E-state index contributed by atoms with van der Waals surface area (Å²) < 4.78 is 38.3. The number of amides is 1. The number of carbonyl (C=O) groups excluding carboxylic acids is 1. The molecule has 0 saturated heterocycles. The molecule has 0 spiro atoms. The minimum Gasteiger partial charge on any atom is -0.326 e. The molecular formula is C17H18F3NO. The van der Waals surface area contributed by atoms with Crippen molar-refractivity contribution in [2.75, 3.05) is 5.32 Å². The minimum atomic E-state index is -4.39. The number of rotatable bonds is 2. The Balaban J connectivity index is 1.58. The molecule has 5 aliphatic carbocycles. The van der Waals surface area contributed by atoms with Gasteiger partial charge in [0.15, 0.2) is 0 Å². The fraction of sp³-hybridized carbons (Fsp3) is 0.588. The number of halogens is 3. The Morgan fingerprint density at radius 1 is 1.32 bits per heavy atom. The lowest BCUT2D eigenvalue weighted by Crippen LogP contribution is -2.81. The molecule has 0 aliphatic heterocycles. The van der Waals surface area contributed by atoms with Crippen molar-refractivity contribution in [3.63, 3.8) is 0 Å². The predicted molar refractivity (Wildman–Crippen MR) is 76.1 cm³/mol. The Labute approximate surface area is 127 Å². The molecule has 0 heterocycles. The van der Waals surface area contributed by atoms with Gasteiger partial charge in [-0.05, 0) is 54.2 Å². The Kier molecular flexibility index (Phi) is 2.36. The van der Waals surface area contributed by atoms with E-state index in [1.807, 2.05) is 0 Å². The van der Waals surface area contributed by atoms with Crippen LogP contribution in [0, 0.1) is 22.2 Å². The molecular weight excluding hydrogens is 291 g/mol. The highest BCUT2D eigenvalue weighted by atomic mass is 19.4. The van der Waals surface area contributed by atoms with Gasteiger partial charge in [0.05, 0.1) is 11.0 Å².